The fourth-order valence-corrected chi connectivity index (χ4v) is 0.813. The fourth-order valence-electron chi connectivity index (χ4n) is 0.813. The number of nitrogens with two attached hydrogens (primary N) is 1. The summed E-state index contributed by atoms with van der Waals surface area (Å²) < 4.78 is 12.5. The van der Waals surface area contributed by atoms with E-state index in [1.807, 2.05) is 0 Å². The van der Waals surface area contributed by atoms with Crippen molar-refractivity contribution in [2.75, 3.05) is 0 Å². The molecule has 1 aromatic carbocycles. The molecule has 0 aliphatic heterocycles. The van der Waals surface area contributed by atoms with E-state index >= 15 is 0 Å². The van der Waals surface area contributed by atoms with Gasteiger partial charge in [0.2, 0.25) is 0 Å². The molecule has 1 rings (SSSR count). The normalized spacial score (nSPS) is 13.0. The smallest absolute Gasteiger partial charge is 0.164 e. The van der Waals surface area contributed by atoms with Crippen LogP contribution in [0.5, 0.6) is 5.75 Å². The van der Waals surface area contributed by atoms with Crippen LogP contribution in [0.25, 0.3) is 0 Å². The molecule has 0 saturated carbocycles. The summed E-state index contributed by atoms with van der Waals surface area (Å²) in [5, 5.41) is 8.92. The number of hydrogen-bond donors (Lipinski definition) is 2. The third-order valence-electron chi connectivity index (χ3n) is 1.50. The van der Waals surface area contributed by atoms with Gasteiger partial charge in [0, 0.05) is 6.04 Å². The van der Waals surface area contributed by atoms with Crippen molar-refractivity contribution in [2.24, 2.45) is 5.73 Å². The Hall–Kier alpha value is -1.09. The molecule has 0 unspecified atom stereocenters. The van der Waals surface area contributed by atoms with Gasteiger partial charge in [-0.25, -0.2) is 4.39 Å². The van der Waals surface area contributed by atoms with Crippen molar-refractivity contribution in [1.82, 2.24) is 0 Å². The first-order valence-electron chi connectivity index (χ1n) is 3.35. The molecule has 1 atom stereocenters. The summed E-state index contributed by atoms with van der Waals surface area (Å²) in [4.78, 5) is 0. The summed E-state index contributed by atoms with van der Waals surface area (Å²) in [6.45, 7) is 1.77. The standard InChI is InChI=1S/C8H10FNO/c1-5(10)6-2-3-7(9)8(11)4-6/h2-5,11H,10H2,1H3/t5-/m1/s1. The average molecular weight is 155 g/mol. The predicted octanol–water partition coefficient (Wildman–Crippen LogP) is 1.55. The quantitative estimate of drug-likeness (QED) is 0.646. The molecule has 1 aromatic rings. The van der Waals surface area contributed by atoms with Gasteiger partial charge in [0.25, 0.3) is 0 Å². The molecular formula is C8H10FNO. The lowest BCUT2D eigenvalue weighted by Gasteiger charge is -2.05. The largest absolute Gasteiger partial charge is 0.505 e. The maximum atomic E-state index is 12.5. The van der Waals surface area contributed by atoms with Gasteiger partial charge in [0.05, 0.1) is 0 Å². The van der Waals surface area contributed by atoms with E-state index in [1.165, 1.54) is 12.1 Å². The summed E-state index contributed by atoms with van der Waals surface area (Å²) in [5.74, 6) is -0.964. The number of benzene rings is 1. The Balaban J connectivity index is 3.05. The van der Waals surface area contributed by atoms with Crippen molar-refractivity contribution in [3.8, 4) is 5.75 Å². The third-order valence-corrected chi connectivity index (χ3v) is 1.50. The Morgan fingerprint density at radius 1 is 1.55 bits per heavy atom. The highest BCUT2D eigenvalue weighted by atomic mass is 19.1. The Kier molecular flexibility index (Phi) is 2.10. The summed E-state index contributed by atoms with van der Waals surface area (Å²) in [6, 6.07) is 3.91. The number of hydrogen-bond acceptors (Lipinski definition) is 2. The van der Waals surface area contributed by atoms with Gasteiger partial charge in [0.1, 0.15) is 0 Å². The van der Waals surface area contributed by atoms with E-state index in [4.69, 9.17) is 10.8 Å². The van der Waals surface area contributed by atoms with Gasteiger partial charge in [0.15, 0.2) is 11.6 Å². The van der Waals surface area contributed by atoms with Crippen LogP contribution in [0.15, 0.2) is 18.2 Å². The third kappa shape index (κ3) is 1.68. The molecule has 60 valence electrons. The van der Waals surface area contributed by atoms with Crippen molar-refractivity contribution in [3.63, 3.8) is 0 Å². The molecule has 11 heavy (non-hydrogen) atoms. The van der Waals surface area contributed by atoms with Crippen molar-refractivity contribution in [3.05, 3.63) is 29.6 Å². The summed E-state index contributed by atoms with van der Waals surface area (Å²) in [6.07, 6.45) is 0. The second kappa shape index (κ2) is 2.88. The van der Waals surface area contributed by atoms with Gasteiger partial charge in [-0.2, -0.15) is 0 Å². The highest BCUT2D eigenvalue weighted by Gasteiger charge is 2.03. The van der Waals surface area contributed by atoms with E-state index in [1.54, 1.807) is 13.0 Å². The van der Waals surface area contributed by atoms with E-state index < -0.39 is 5.82 Å². The number of halogens is 1. The summed E-state index contributed by atoms with van der Waals surface area (Å²) >= 11 is 0. The first-order valence-corrected chi connectivity index (χ1v) is 3.35. The lowest BCUT2D eigenvalue weighted by Crippen LogP contribution is -2.04. The molecular weight excluding hydrogens is 145 g/mol. The van der Waals surface area contributed by atoms with Gasteiger partial charge >= 0.3 is 0 Å². The molecule has 0 aliphatic carbocycles. The Labute approximate surface area is 64.5 Å². The molecule has 0 spiro atoms. The number of aromatic hydroxyl groups is 1. The lowest BCUT2D eigenvalue weighted by atomic mass is 10.1. The minimum Gasteiger partial charge on any atom is -0.505 e. The molecule has 3 heteroatoms. The molecule has 0 fully saturated rings. The summed E-state index contributed by atoms with van der Waals surface area (Å²) in [7, 11) is 0. The van der Waals surface area contributed by atoms with Gasteiger partial charge in [-0.15, -0.1) is 0 Å². The molecule has 0 radical (unpaired) electrons. The molecule has 0 heterocycles. The highest BCUT2D eigenvalue weighted by Crippen LogP contribution is 2.19. The van der Waals surface area contributed by atoms with E-state index in [-0.39, 0.29) is 11.8 Å². The maximum Gasteiger partial charge on any atom is 0.164 e. The zero-order valence-corrected chi connectivity index (χ0v) is 6.21. The van der Waals surface area contributed by atoms with Crippen LogP contribution < -0.4 is 5.73 Å². The second-order valence-electron chi connectivity index (χ2n) is 2.50. The number of phenolic OH excluding ortho intramolecular Hbond substituents is 1. The molecule has 3 N–H and O–H groups in total. The minimum atomic E-state index is -0.616. The van der Waals surface area contributed by atoms with Crippen molar-refractivity contribution in [1.29, 1.82) is 0 Å². The van der Waals surface area contributed by atoms with Crippen LogP contribution in [0.4, 0.5) is 4.39 Å². The van der Waals surface area contributed by atoms with Crippen LogP contribution in [0.1, 0.15) is 18.5 Å². The van der Waals surface area contributed by atoms with E-state index in [2.05, 4.69) is 0 Å². The molecule has 0 bridgehead atoms. The van der Waals surface area contributed by atoms with Gasteiger partial charge in [-0.3, -0.25) is 0 Å². The van der Waals surface area contributed by atoms with Crippen molar-refractivity contribution < 1.29 is 9.50 Å². The molecule has 2 nitrogen and oxygen atoms in total. The van der Waals surface area contributed by atoms with Crippen LogP contribution in [0.3, 0.4) is 0 Å². The number of phenols is 1. The van der Waals surface area contributed by atoms with Gasteiger partial charge in [-0.1, -0.05) is 6.07 Å². The minimum absolute atomic E-state index is 0.179. The van der Waals surface area contributed by atoms with Crippen LogP contribution in [0, 0.1) is 5.82 Å². The zero-order valence-electron chi connectivity index (χ0n) is 6.21. The molecule has 0 aromatic heterocycles. The van der Waals surface area contributed by atoms with Crippen molar-refractivity contribution >= 4 is 0 Å². The van der Waals surface area contributed by atoms with Gasteiger partial charge < -0.3 is 10.8 Å². The van der Waals surface area contributed by atoms with E-state index in [9.17, 15) is 4.39 Å². The lowest BCUT2D eigenvalue weighted by molar-refractivity contribution is 0.431. The monoisotopic (exact) mass is 155 g/mol. The molecule has 0 amide bonds. The highest BCUT2D eigenvalue weighted by molar-refractivity contribution is 5.30. The topological polar surface area (TPSA) is 46.2 Å². The van der Waals surface area contributed by atoms with Gasteiger partial charge in [-0.05, 0) is 24.6 Å². The maximum absolute atomic E-state index is 12.5. The molecule has 0 aliphatic rings. The van der Waals surface area contributed by atoms with Crippen LogP contribution in [-0.4, -0.2) is 5.11 Å². The van der Waals surface area contributed by atoms with Crippen LogP contribution in [0.2, 0.25) is 0 Å². The second-order valence-corrected chi connectivity index (χ2v) is 2.50. The van der Waals surface area contributed by atoms with Crippen LogP contribution in [-0.2, 0) is 0 Å². The Morgan fingerprint density at radius 2 is 2.18 bits per heavy atom. The van der Waals surface area contributed by atoms with E-state index in [0.717, 1.165) is 5.56 Å². The first-order chi connectivity index (χ1) is 5.11. The Bertz CT molecular complexity index is 260. The SMILES string of the molecule is C[C@@H](N)c1ccc(F)c(O)c1. The molecule has 0 saturated heterocycles. The van der Waals surface area contributed by atoms with Crippen LogP contribution >= 0.6 is 0 Å². The first kappa shape index (κ1) is 8.01. The zero-order chi connectivity index (χ0) is 8.43. The average Bonchev–Trinajstić information content (AvgIpc) is 1.94. The number of rotatable bonds is 1. The summed E-state index contributed by atoms with van der Waals surface area (Å²) in [5.41, 5.74) is 6.22. The Morgan fingerprint density at radius 3 is 2.64 bits per heavy atom. The van der Waals surface area contributed by atoms with Crippen molar-refractivity contribution in [2.45, 2.75) is 13.0 Å². The van der Waals surface area contributed by atoms with E-state index in [0.29, 0.717) is 0 Å². The fraction of sp³-hybridized carbons (Fsp3) is 0.250. The predicted molar refractivity (Wildman–Crippen MR) is 40.7 cm³/mol.